The number of hydrogen-bond acceptors (Lipinski definition) is 1. The molecule has 0 N–H and O–H groups in total. The number of rotatable bonds is 3. The molecule has 1 aromatic rings. The molecule has 0 saturated heterocycles. The van der Waals surface area contributed by atoms with Crippen LogP contribution in [0, 0.1) is 0 Å². The van der Waals surface area contributed by atoms with Crippen molar-refractivity contribution in [1.82, 2.24) is 0 Å². The summed E-state index contributed by atoms with van der Waals surface area (Å²) in [6.45, 7) is 11.6. The maximum atomic E-state index is 5.66. The van der Waals surface area contributed by atoms with E-state index >= 15 is 0 Å². The lowest BCUT2D eigenvalue weighted by Gasteiger charge is -2.21. The van der Waals surface area contributed by atoms with Crippen LogP contribution in [0.2, 0.25) is 0 Å². The van der Waals surface area contributed by atoms with E-state index in [-0.39, 0.29) is 5.41 Å². The smallest absolute Gasteiger partial charge is 0.122 e. The first-order chi connectivity index (χ1) is 6.99. The highest BCUT2D eigenvalue weighted by atomic mass is 16.5. The fraction of sp³-hybridized carbons (Fsp3) is 0.571. The number of hydrogen-bond donors (Lipinski definition) is 0. The largest absolute Gasteiger partial charge is 0.494 e. The van der Waals surface area contributed by atoms with Gasteiger partial charge >= 0.3 is 0 Å². The molecule has 0 unspecified atom stereocenters. The molecule has 0 bridgehead atoms. The molecule has 0 aliphatic rings. The first-order valence-corrected chi connectivity index (χ1v) is 5.75. The van der Waals surface area contributed by atoms with Crippen LogP contribution in [0.3, 0.4) is 0 Å². The Morgan fingerprint density at radius 2 is 1.80 bits per heavy atom. The predicted octanol–water partition coefficient (Wildman–Crippen LogP) is 3.95. The van der Waals surface area contributed by atoms with Crippen LogP contribution < -0.4 is 4.74 Å². The van der Waals surface area contributed by atoms with E-state index in [0.29, 0.717) is 0 Å². The Labute approximate surface area is 93.5 Å². The summed E-state index contributed by atoms with van der Waals surface area (Å²) in [7, 11) is 0. The van der Waals surface area contributed by atoms with E-state index in [0.717, 1.165) is 18.8 Å². The molecule has 1 aromatic carbocycles. The normalized spacial score (nSPS) is 11.5. The summed E-state index contributed by atoms with van der Waals surface area (Å²) in [5, 5.41) is 0. The van der Waals surface area contributed by atoms with Crippen molar-refractivity contribution in [2.24, 2.45) is 0 Å². The van der Waals surface area contributed by atoms with Crippen LogP contribution in [0.15, 0.2) is 18.2 Å². The zero-order valence-electron chi connectivity index (χ0n) is 10.6. The van der Waals surface area contributed by atoms with Gasteiger partial charge in [0.1, 0.15) is 5.75 Å². The zero-order valence-corrected chi connectivity index (χ0v) is 10.6. The van der Waals surface area contributed by atoms with Gasteiger partial charge in [-0.15, -0.1) is 0 Å². The third-order valence-electron chi connectivity index (χ3n) is 2.61. The average molecular weight is 206 g/mol. The molecule has 1 nitrogen and oxygen atoms in total. The topological polar surface area (TPSA) is 9.23 Å². The number of ether oxygens (including phenoxy) is 1. The van der Waals surface area contributed by atoms with E-state index in [2.05, 4.69) is 45.9 Å². The summed E-state index contributed by atoms with van der Waals surface area (Å²) in [4.78, 5) is 0. The lowest BCUT2D eigenvalue weighted by atomic mass is 9.86. The van der Waals surface area contributed by atoms with Crippen molar-refractivity contribution in [2.75, 3.05) is 6.61 Å². The summed E-state index contributed by atoms with van der Waals surface area (Å²) in [5.41, 5.74) is 2.82. The highest BCUT2D eigenvalue weighted by molar-refractivity contribution is 5.40. The molecule has 84 valence electrons. The third kappa shape index (κ3) is 2.98. The minimum absolute atomic E-state index is 0.193. The minimum atomic E-state index is 0.193. The van der Waals surface area contributed by atoms with Gasteiger partial charge in [-0.3, -0.25) is 0 Å². The first-order valence-electron chi connectivity index (χ1n) is 5.75. The van der Waals surface area contributed by atoms with E-state index in [1.807, 2.05) is 6.92 Å². The SMILES string of the molecule is CCOc1cc(C(C)(C)C)ccc1CC. The molecule has 15 heavy (non-hydrogen) atoms. The maximum Gasteiger partial charge on any atom is 0.122 e. The molecule has 0 aliphatic carbocycles. The van der Waals surface area contributed by atoms with Crippen LogP contribution in [-0.4, -0.2) is 6.61 Å². The molecular formula is C14H22O. The van der Waals surface area contributed by atoms with Crippen molar-refractivity contribution in [3.63, 3.8) is 0 Å². The second-order valence-electron chi connectivity index (χ2n) is 4.86. The molecule has 1 heteroatoms. The van der Waals surface area contributed by atoms with E-state index in [1.54, 1.807) is 0 Å². The zero-order chi connectivity index (χ0) is 11.5. The van der Waals surface area contributed by atoms with Gasteiger partial charge in [-0.05, 0) is 36.0 Å². The third-order valence-corrected chi connectivity index (χ3v) is 2.61. The molecule has 0 saturated carbocycles. The Balaban J connectivity index is 3.10. The van der Waals surface area contributed by atoms with Crippen LogP contribution in [0.1, 0.15) is 45.7 Å². The summed E-state index contributed by atoms with van der Waals surface area (Å²) >= 11 is 0. The van der Waals surface area contributed by atoms with Crippen molar-refractivity contribution in [2.45, 2.75) is 46.5 Å². The van der Waals surface area contributed by atoms with Gasteiger partial charge in [0.15, 0.2) is 0 Å². The summed E-state index contributed by atoms with van der Waals surface area (Å²) in [5.74, 6) is 1.05. The Hall–Kier alpha value is -0.980. The Morgan fingerprint density at radius 3 is 2.27 bits per heavy atom. The van der Waals surface area contributed by atoms with E-state index in [1.165, 1.54) is 11.1 Å². The summed E-state index contributed by atoms with van der Waals surface area (Å²) in [6.07, 6.45) is 1.03. The van der Waals surface area contributed by atoms with Gasteiger partial charge in [0.2, 0.25) is 0 Å². The van der Waals surface area contributed by atoms with Gasteiger partial charge < -0.3 is 4.74 Å². The maximum absolute atomic E-state index is 5.66. The molecule has 0 heterocycles. The molecule has 0 aliphatic heterocycles. The fourth-order valence-corrected chi connectivity index (χ4v) is 1.60. The fourth-order valence-electron chi connectivity index (χ4n) is 1.60. The standard InChI is InChI=1S/C14H22O/c1-6-11-8-9-12(14(3,4)5)10-13(11)15-7-2/h8-10H,6-7H2,1-5H3. The van der Waals surface area contributed by atoms with Crippen LogP contribution in [-0.2, 0) is 11.8 Å². The monoisotopic (exact) mass is 206 g/mol. The molecular weight excluding hydrogens is 184 g/mol. The van der Waals surface area contributed by atoms with E-state index in [4.69, 9.17) is 4.74 Å². The second-order valence-corrected chi connectivity index (χ2v) is 4.86. The predicted molar refractivity (Wildman–Crippen MR) is 65.7 cm³/mol. The molecule has 1 rings (SSSR count). The number of aryl methyl sites for hydroxylation is 1. The lowest BCUT2D eigenvalue weighted by molar-refractivity contribution is 0.335. The molecule has 0 fully saturated rings. The summed E-state index contributed by atoms with van der Waals surface area (Å²) < 4.78 is 5.66. The van der Waals surface area contributed by atoms with Crippen molar-refractivity contribution in [3.05, 3.63) is 29.3 Å². The van der Waals surface area contributed by atoms with Crippen molar-refractivity contribution < 1.29 is 4.74 Å². The van der Waals surface area contributed by atoms with E-state index < -0.39 is 0 Å². The van der Waals surface area contributed by atoms with Crippen LogP contribution >= 0.6 is 0 Å². The molecule has 0 radical (unpaired) electrons. The van der Waals surface area contributed by atoms with Crippen LogP contribution in [0.25, 0.3) is 0 Å². The molecule has 0 spiro atoms. The Kier molecular flexibility index (Phi) is 3.78. The van der Waals surface area contributed by atoms with Gasteiger partial charge in [0.25, 0.3) is 0 Å². The second kappa shape index (κ2) is 4.69. The molecule has 0 atom stereocenters. The molecule has 0 aromatic heterocycles. The van der Waals surface area contributed by atoms with Gasteiger partial charge in [-0.1, -0.05) is 39.8 Å². The van der Waals surface area contributed by atoms with Gasteiger partial charge in [0, 0.05) is 0 Å². The van der Waals surface area contributed by atoms with Gasteiger partial charge in [-0.25, -0.2) is 0 Å². The van der Waals surface area contributed by atoms with Gasteiger partial charge in [0.05, 0.1) is 6.61 Å². The minimum Gasteiger partial charge on any atom is -0.494 e. The molecule has 0 amide bonds. The average Bonchev–Trinajstić information content (AvgIpc) is 2.17. The van der Waals surface area contributed by atoms with Crippen molar-refractivity contribution in [1.29, 1.82) is 0 Å². The lowest BCUT2D eigenvalue weighted by Crippen LogP contribution is -2.11. The summed E-state index contributed by atoms with van der Waals surface area (Å²) in [6, 6.07) is 6.58. The van der Waals surface area contributed by atoms with Crippen molar-refractivity contribution in [3.8, 4) is 5.75 Å². The van der Waals surface area contributed by atoms with Crippen molar-refractivity contribution >= 4 is 0 Å². The van der Waals surface area contributed by atoms with Crippen LogP contribution in [0.4, 0.5) is 0 Å². The Bertz CT molecular complexity index is 321. The highest BCUT2D eigenvalue weighted by Gasteiger charge is 2.15. The van der Waals surface area contributed by atoms with Crippen LogP contribution in [0.5, 0.6) is 5.75 Å². The van der Waals surface area contributed by atoms with Gasteiger partial charge in [-0.2, -0.15) is 0 Å². The van der Waals surface area contributed by atoms with E-state index in [9.17, 15) is 0 Å². The highest BCUT2D eigenvalue weighted by Crippen LogP contribution is 2.28. The number of benzene rings is 1. The quantitative estimate of drug-likeness (QED) is 0.727. The first kappa shape index (κ1) is 12.1. The Morgan fingerprint density at radius 1 is 1.13 bits per heavy atom.